The fourth-order valence-electron chi connectivity index (χ4n) is 1.96. The highest BCUT2D eigenvalue weighted by atomic mass is 79.9. The van der Waals surface area contributed by atoms with Gasteiger partial charge in [0.1, 0.15) is 5.82 Å². The van der Waals surface area contributed by atoms with Gasteiger partial charge in [0.25, 0.3) is 0 Å². The van der Waals surface area contributed by atoms with Crippen LogP contribution in [0.15, 0.2) is 27.3 Å². The van der Waals surface area contributed by atoms with Gasteiger partial charge in [0.2, 0.25) is 5.89 Å². The smallest absolute Gasteiger partial charge is 0.232 e. The number of nitrogens with zero attached hydrogens (tertiary/aromatic N) is 3. The third kappa shape index (κ3) is 5.40. The Morgan fingerprint density at radius 2 is 2.05 bits per heavy atom. The van der Waals surface area contributed by atoms with Crippen LogP contribution in [-0.4, -0.2) is 21.7 Å². The van der Waals surface area contributed by atoms with Gasteiger partial charge in [-0.3, -0.25) is 0 Å². The molecule has 2 aromatic rings. The van der Waals surface area contributed by atoms with Crippen LogP contribution in [0.4, 0.5) is 5.82 Å². The topological polar surface area (TPSA) is 63.8 Å². The first kappa shape index (κ1) is 16.9. The molecule has 0 amide bonds. The molecule has 0 radical (unpaired) electrons. The molecule has 0 spiro atoms. The van der Waals surface area contributed by atoms with Crippen LogP contribution in [0.3, 0.4) is 0 Å². The zero-order valence-electron chi connectivity index (χ0n) is 13.4. The average molecular weight is 367 g/mol. The predicted molar refractivity (Wildman–Crippen MR) is 91.0 cm³/mol. The molecule has 2 aromatic heterocycles. The standard InChI is InChI=1S/C16H23BrN4O/c1-16(2,3)15-20-13(21-22-15)7-5-4-6-9-18-14-11-12(17)8-10-19-14/h8,10-11H,4-7,9H2,1-3H3,(H,18,19). The Morgan fingerprint density at radius 1 is 1.23 bits per heavy atom. The van der Waals surface area contributed by atoms with Gasteiger partial charge in [0.15, 0.2) is 5.82 Å². The zero-order valence-corrected chi connectivity index (χ0v) is 15.0. The number of anilines is 1. The van der Waals surface area contributed by atoms with Gasteiger partial charge in [-0.2, -0.15) is 4.98 Å². The van der Waals surface area contributed by atoms with Crippen molar-refractivity contribution in [1.29, 1.82) is 0 Å². The SMILES string of the molecule is CC(C)(C)c1nc(CCCCCNc2cc(Br)ccn2)no1. The minimum Gasteiger partial charge on any atom is -0.370 e. The molecule has 2 rings (SSSR count). The molecule has 1 N–H and O–H groups in total. The van der Waals surface area contributed by atoms with Crippen molar-refractivity contribution in [2.75, 3.05) is 11.9 Å². The van der Waals surface area contributed by atoms with Gasteiger partial charge >= 0.3 is 0 Å². The Hall–Kier alpha value is -1.43. The van der Waals surface area contributed by atoms with Gasteiger partial charge in [-0.15, -0.1) is 0 Å². The van der Waals surface area contributed by atoms with Crippen LogP contribution in [0.5, 0.6) is 0 Å². The molecule has 0 aliphatic heterocycles. The van der Waals surface area contributed by atoms with E-state index in [0.29, 0.717) is 5.89 Å². The van der Waals surface area contributed by atoms with Gasteiger partial charge in [-0.1, -0.05) is 48.3 Å². The maximum Gasteiger partial charge on any atom is 0.232 e. The number of aryl methyl sites for hydroxylation is 1. The molecule has 0 saturated heterocycles. The van der Waals surface area contributed by atoms with Gasteiger partial charge in [-0.05, 0) is 25.0 Å². The summed E-state index contributed by atoms with van der Waals surface area (Å²) in [5.41, 5.74) is -0.0773. The monoisotopic (exact) mass is 366 g/mol. The van der Waals surface area contributed by atoms with Crippen LogP contribution >= 0.6 is 15.9 Å². The van der Waals surface area contributed by atoms with Crippen molar-refractivity contribution in [3.05, 3.63) is 34.5 Å². The first-order valence-corrected chi connectivity index (χ1v) is 8.43. The number of unbranched alkanes of at least 4 members (excludes halogenated alkanes) is 2. The van der Waals surface area contributed by atoms with Crippen molar-refractivity contribution in [3.63, 3.8) is 0 Å². The van der Waals surface area contributed by atoms with Gasteiger partial charge in [-0.25, -0.2) is 4.98 Å². The molecule has 0 aromatic carbocycles. The van der Waals surface area contributed by atoms with Gasteiger partial charge < -0.3 is 9.84 Å². The molecule has 0 aliphatic carbocycles. The maximum absolute atomic E-state index is 5.29. The molecule has 2 heterocycles. The lowest BCUT2D eigenvalue weighted by molar-refractivity contribution is 0.318. The molecule has 5 nitrogen and oxygen atoms in total. The van der Waals surface area contributed by atoms with Gasteiger partial charge in [0.05, 0.1) is 0 Å². The normalized spacial score (nSPS) is 11.6. The third-order valence-corrected chi connectivity index (χ3v) is 3.71. The van der Waals surface area contributed by atoms with Crippen LogP contribution in [0.25, 0.3) is 0 Å². The Morgan fingerprint density at radius 3 is 2.73 bits per heavy atom. The highest BCUT2D eigenvalue weighted by Gasteiger charge is 2.21. The van der Waals surface area contributed by atoms with E-state index in [4.69, 9.17) is 4.52 Å². The molecular weight excluding hydrogens is 344 g/mol. The van der Waals surface area contributed by atoms with Crippen LogP contribution in [0.1, 0.15) is 51.7 Å². The van der Waals surface area contributed by atoms with Crippen molar-refractivity contribution < 1.29 is 4.52 Å². The first-order valence-electron chi connectivity index (χ1n) is 7.63. The number of aromatic nitrogens is 3. The van der Waals surface area contributed by atoms with Crippen molar-refractivity contribution in [2.45, 2.75) is 51.9 Å². The molecule has 0 fully saturated rings. The van der Waals surface area contributed by atoms with E-state index in [0.717, 1.165) is 48.3 Å². The maximum atomic E-state index is 5.29. The molecule has 22 heavy (non-hydrogen) atoms. The average Bonchev–Trinajstić information content (AvgIpc) is 2.91. The largest absolute Gasteiger partial charge is 0.370 e. The van der Waals surface area contributed by atoms with Gasteiger partial charge in [0, 0.05) is 29.1 Å². The third-order valence-electron chi connectivity index (χ3n) is 3.21. The summed E-state index contributed by atoms with van der Waals surface area (Å²) in [4.78, 5) is 8.71. The lowest BCUT2D eigenvalue weighted by atomic mass is 9.97. The molecule has 6 heteroatoms. The van der Waals surface area contributed by atoms with Crippen molar-refractivity contribution >= 4 is 21.7 Å². The number of nitrogens with one attached hydrogen (secondary N) is 1. The lowest BCUT2D eigenvalue weighted by Gasteiger charge is -2.10. The number of hydrogen-bond donors (Lipinski definition) is 1. The Labute approximate surface area is 140 Å². The summed E-state index contributed by atoms with van der Waals surface area (Å²) in [6.07, 6.45) is 5.94. The Balaban J connectivity index is 1.62. The summed E-state index contributed by atoms with van der Waals surface area (Å²) < 4.78 is 6.33. The fourth-order valence-corrected chi connectivity index (χ4v) is 2.30. The zero-order chi connectivity index (χ0) is 16.0. The van der Waals surface area contributed by atoms with Crippen LogP contribution in [0, 0.1) is 0 Å². The molecule has 0 atom stereocenters. The predicted octanol–water partition coefficient (Wildman–Crippen LogP) is 4.35. The van der Waals surface area contributed by atoms with E-state index in [9.17, 15) is 0 Å². The van der Waals surface area contributed by atoms with E-state index in [2.05, 4.69) is 57.1 Å². The second kappa shape index (κ2) is 7.72. The molecule has 120 valence electrons. The second-order valence-corrected chi connectivity index (χ2v) is 7.28. The number of hydrogen-bond acceptors (Lipinski definition) is 5. The van der Waals surface area contributed by atoms with E-state index >= 15 is 0 Å². The molecule has 0 bridgehead atoms. The van der Waals surface area contributed by atoms with E-state index in [1.165, 1.54) is 0 Å². The summed E-state index contributed by atoms with van der Waals surface area (Å²) in [5.74, 6) is 2.43. The van der Waals surface area contributed by atoms with Crippen molar-refractivity contribution in [3.8, 4) is 0 Å². The van der Waals surface area contributed by atoms with Crippen molar-refractivity contribution in [1.82, 2.24) is 15.1 Å². The van der Waals surface area contributed by atoms with E-state index in [1.54, 1.807) is 6.20 Å². The molecule has 0 saturated carbocycles. The first-order chi connectivity index (χ1) is 10.4. The van der Waals surface area contributed by atoms with Crippen LogP contribution in [0.2, 0.25) is 0 Å². The molecule has 0 aliphatic rings. The van der Waals surface area contributed by atoms with Crippen LogP contribution < -0.4 is 5.32 Å². The summed E-state index contributed by atoms with van der Waals surface area (Å²) in [6, 6.07) is 3.90. The molecular formula is C16H23BrN4O. The fraction of sp³-hybridized carbons (Fsp3) is 0.562. The highest BCUT2D eigenvalue weighted by molar-refractivity contribution is 9.10. The summed E-state index contributed by atoms with van der Waals surface area (Å²) in [7, 11) is 0. The quantitative estimate of drug-likeness (QED) is 0.737. The summed E-state index contributed by atoms with van der Waals surface area (Å²) in [6.45, 7) is 7.15. The van der Waals surface area contributed by atoms with E-state index in [-0.39, 0.29) is 5.41 Å². The molecule has 0 unspecified atom stereocenters. The number of rotatable bonds is 7. The second-order valence-electron chi connectivity index (χ2n) is 6.36. The minimum absolute atomic E-state index is 0.0773. The summed E-state index contributed by atoms with van der Waals surface area (Å²) in [5, 5.41) is 7.36. The minimum atomic E-state index is -0.0773. The lowest BCUT2D eigenvalue weighted by Crippen LogP contribution is -2.11. The highest BCUT2D eigenvalue weighted by Crippen LogP contribution is 2.20. The van der Waals surface area contributed by atoms with Crippen molar-refractivity contribution in [2.24, 2.45) is 0 Å². The Bertz CT molecular complexity index is 592. The number of pyridine rings is 1. The Kier molecular flexibility index (Phi) is 5.94. The summed E-state index contributed by atoms with van der Waals surface area (Å²) >= 11 is 3.43. The van der Waals surface area contributed by atoms with E-state index < -0.39 is 0 Å². The van der Waals surface area contributed by atoms with Crippen LogP contribution in [-0.2, 0) is 11.8 Å². The van der Waals surface area contributed by atoms with E-state index in [1.807, 2.05) is 12.1 Å². The number of halogens is 1.